The van der Waals surface area contributed by atoms with Crippen molar-refractivity contribution in [1.29, 1.82) is 0 Å². The zero-order valence-electron chi connectivity index (χ0n) is 24.9. The molecule has 0 spiro atoms. The number of rotatable bonds is 12. The van der Waals surface area contributed by atoms with E-state index in [0.29, 0.717) is 24.5 Å². The molecule has 0 unspecified atom stereocenters. The minimum Gasteiger partial charge on any atom is -0.484 e. The summed E-state index contributed by atoms with van der Waals surface area (Å²) < 4.78 is 66.9. The number of nitrogens with one attached hydrogen (secondary N) is 2. The Kier molecular flexibility index (Phi) is 10.8. The molecule has 13 nitrogen and oxygen atoms in total. The van der Waals surface area contributed by atoms with Crippen molar-refractivity contribution >= 4 is 38.1 Å². The summed E-state index contributed by atoms with van der Waals surface area (Å²) >= 11 is 0. The van der Waals surface area contributed by atoms with Gasteiger partial charge in [-0.25, -0.2) is 22.3 Å². The van der Waals surface area contributed by atoms with Crippen molar-refractivity contribution in [2.24, 2.45) is 5.10 Å². The molecule has 2 heterocycles. The van der Waals surface area contributed by atoms with Gasteiger partial charge in [0.2, 0.25) is 20.0 Å². The van der Waals surface area contributed by atoms with Crippen LogP contribution in [0.5, 0.6) is 5.75 Å². The van der Waals surface area contributed by atoms with Crippen molar-refractivity contribution < 1.29 is 35.9 Å². The highest BCUT2D eigenvalue weighted by Crippen LogP contribution is 2.25. The van der Waals surface area contributed by atoms with Crippen molar-refractivity contribution in [2.45, 2.75) is 34.8 Å². The van der Waals surface area contributed by atoms with Gasteiger partial charge in [0, 0.05) is 32.8 Å². The predicted octanol–water partition coefficient (Wildman–Crippen LogP) is 1.57. The van der Waals surface area contributed by atoms with E-state index in [9.17, 15) is 26.4 Å². The van der Waals surface area contributed by atoms with Gasteiger partial charge in [0.25, 0.3) is 11.8 Å². The molecule has 0 saturated carbocycles. The quantitative estimate of drug-likeness (QED) is 0.217. The Labute approximate surface area is 268 Å². The van der Waals surface area contributed by atoms with Crippen LogP contribution in [-0.4, -0.2) is 95.0 Å². The number of carbonyl (C=O) groups is 2. The van der Waals surface area contributed by atoms with E-state index in [4.69, 9.17) is 9.47 Å². The van der Waals surface area contributed by atoms with Crippen LogP contribution < -0.4 is 15.5 Å². The summed E-state index contributed by atoms with van der Waals surface area (Å²) in [6, 6.07) is 20.6. The Hall–Kier alpha value is -4.15. The van der Waals surface area contributed by atoms with E-state index in [-0.39, 0.29) is 41.5 Å². The van der Waals surface area contributed by atoms with Crippen LogP contribution in [0.2, 0.25) is 0 Å². The van der Waals surface area contributed by atoms with E-state index >= 15 is 0 Å². The van der Waals surface area contributed by atoms with E-state index in [1.807, 2.05) is 0 Å². The van der Waals surface area contributed by atoms with Gasteiger partial charge in [-0.15, -0.1) is 0 Å². The molecule has 3 aromatic rings. The van der Waals surface area contributed by atoms with Crippen LogP contribution in [0.1, 0.15) is 18.4 Å². The average molecular weight is 670 g/mol. The lowest BCUT2D eigenvalue weighted by Gasteiger charge is -2.38. The standard InChI is InChI=1S/C31H35N5O8S2/c37-30(32-21-26-8-7-19-43-26)23-44-25-15-13-24(14-16-25)20-33-34-31(38)29-22-35(45(39,40)27-9-3-1-4-10-27)17-18-36(29)46(41,42)28-11-5-2-6-12-28/h1-6,9-16,20,26,29H,7-8,17-19,21-23H2,(H,32,37)(H,34,38)/b33-20-/t26-,29-/m1/s1. The fourth-order valence-corrected chi connectivity index (χ4v) is 8.11. The number of hydrogen-bond donors (Lipinski definition) is 2. The summed E-state index contributed by atoms with van der Waals surface area (Å²) in [4.78, 5) is 25.5. The number of hydrazone groups is 1. The molecule has 0 aromatic heterocycles. The van der Waals surface area contributed by atoms with Crippen molar-refractivity contribution in [3.05, 3.63) is 90.5 Å². The molecule has 46 heavy (non-hydrogen) atoms. The molecule has 2 atom stereocenters. The number of nitrogens with zero attached hydrogens (tertiary/aromatic N) is 3. The summed E-state index contributed by atoms with van der Waals surface area (Å²) in [5.41, 5.74) is 2.95. The van der Waals surface area contributed by atoms with Gasteiger partial charge in [0.05, 0.1) is 22.1 Å². The Morgan fingerprint density at radius 2 is 1.54 bits per heavy atom. The molecule has 2 aliphatic rings. The zero-order valence-corrected chi connectivity index (χ0v) is 26.5. The molecule has 244 valence electrons. The molecule has 0 radical (unpaired) electrons. The van der Waals surface area contributed by atoms with Crippen LogP contribution in [0.15, 0.2) is 99.8 Å². The minimum atomic E-state index is -4.14. The number of piperazine rings is 1. The second-order valence-electron chi connectivity index (χ2n) is 10.7. The fourth-order valence-electron chi connectivity index (χ4n) is 5.06. The lowest BCUT2D eigenvalue weighted by atomic mass is 10.2. The number of ether oxygens (including phenoxy) is 2. The zero-order chi connectivity index (χ0) is 32.6. The lowest BCUT2D eigenvalue weighted by molar-refractivity contribution is -0.126. The number of hydrogen-bond acceptors (Lipinski definition) is 9. The average Bonchev–Trinajstić information content (AvgIpc) is 3.61. The Morgan fingerprint density at radius 1 is 0.891 bits per heavy atom. The van der Waals surface area contributed by atoms with Gasteiger partial charge < -0.3 is 14.8 Å². The van der Waals surface area contributed by atoms with Crippen LogP contribution in [-0.2, 0) is 34.4 Å². The van der Waals surface area contributed by atoms with Gasteiger partial charge in [-0.2, -0.15) is 13.7 Å². The van der Waals surface area contributed by atoms with E-state index in [2.05, 4.69) is 15.8 Å². The molecule has 2 N–H and O–H groups in total. The first-order valence-electron chi connectivity index (χ1n) is 14.7. The van der Waals surface area contributed by atoms with Gasteiger partial charge >= 0.3 is 0 Å². The van der Waals surface area contributed by atoms with E-state index in [0.717, 1.165) is 21.5 Å². The van der Waals surface area contributed by atoms with Gasteiger partial charge in [0.1, 0.15) is 11.8 Å². The number of amides is 2. The van der Waals surface area contributed by atoms with Crippen molar-refractivity contribution in [2.75, 3.05) is 39.4 Å². The van der Waals surface area contributed by atoms with Gasteiger partial charge in [-0.3, -0.25) is 9.59 Å². The molecule has 5 rings (SSSR count). The SMILES string of the molecule is O=C(COc1ccc(/C=N\NC(=O)[C@H]2CN(S(=O)(=O)c3ccccc3)CCN2S(=O)(=O)c2ccccc2)cc1)NC[C@H]1CCCO1. The first-order chi connectivity index (χ1) is 22.1. The van der Waals surface area contributed by atoms with E-state index < -0.39 is 38.5 Å². The van der Waals surface area contributed by atoms with E-state index in [1.165, 1.54) is 30.5 Å². The third kappa shape index (κ3) is 8.16. The predicted molar refractivity (Wildman–Crippen MR) is 169 cm³/mol. The lowest BCUT2D eigenvalue weighted by Crippen LogP contribution is -2.60. The smallest absolute Gasteiger partial charge is 0.259 e. The molecular formula is C31H35N5O8S2. The highest BCUT2D eigenvalue weighted by Gasteiger charge is 2.43. The highest BCUT2D eigenvalue weighted by molar-refractivity contribution is 7.89. The molecule has 2 saturated heterocycles. The van der Waals surface area contributed by atoms with Crippen LogP contribution in [0.3, 0.4) is 0 Å². The summed E-state index contributed by atoms with van der Waals surface area (Å²) in [6.07, 6.45) is 3.31. The molecule has 0 bridgehead atoms. The van der Waals surface area contributed by atoms with Crippen LogP contribution in [0, 0.1) is 0 Å². The summed E-state index contributed by atoms with van der Waals surface area (Å²) in [5, 5.41) is 6.77. The second kappa shape index (κ2) is 15.0. The third-order valence-corrected chi connectivity index (χ3v) is 11.3. The summed E-state index contributed by atoms with van der Waals surface area (Å²) in [6.45, 7) is 0.222. The topological polar surface area (TPSA) is 164 Å². The van der Waals surface area contributed by atoms with Gasteiger partial charge in [0.15, 0.2) is 6.61 Å². The second-order valence-corrected chi connectivity index (χ2v) is 14.5. The Balaban J connectivity index is 1.23. The molecular weight excluding hydrogens is 635 g/mol. The Morgan fingerprint density at radius 3 is 2.17 bits per heavy atom. The van der Waals surface area contributed by atoms with Crippen molar-refractivity contribution in [3.63, 3.8) is 0 Å². The summed E-state index contributed by atoms with van der Waals surface area (Å²) in [7, 11) is -8.14. The molecule has 2 amide bonds. The third-order valence-electron chi connectivity index (χ3n) is 7.52. The van der Waals surface area contributed by atoms with Crippen LogP contribution in [0.4, 0.5) is 0 Å². The minimum absolute atomic E-state index is 0.0155. The number of carbonyl (C=O) groups excluding carboxylic acids is 2. The van der Waals surface area contributed by atoms with Gasteiger partial charge in [-0.1, -0.05) is 36.4 Å². The summed E-state index contributed by atoms with van der Waals surface area (Å²) in [5.74, 6) is -0.597. The maximum absolute atomic E-state index is 13.5. The first-order valence-corrected chi connectivity index (χ1v) is 17.6. The number of sulfonamides is 2. The van der Waals surface area contributed by atoms with E-state index in [1.54, 1.807) is 60.7 Å². The Bertz CT molecular complexity index is 1730. The molecule has 2 fully saturated rings. The maximum Gasteiger partial charge on any atom is 0.259 e. The molecule has 3 aromatic carbocycles. The largest absolute Gasteiger partial charge is 0.484 e. The van der Waals surface area contributed by atoms with Gasteiger partial charge in [-0.05, 0) is 66.9 Å². The van der Waals surface area contributed by atoms with Crippen LogP contribution in [0.25, 0.3) is 0 Å². The molecule has 15 heteroatoms. The highest BCUT2D eigenvalue weighted by atomic mass is 32.2. The fraction of sp³-hybridized carbons (Fsp3) is 0.323. The van der Waals surface area contributed by atoms with Crippen molar-refractivity contribution in [3.8, 4) is 5.75 Å². The number of benzene rings is 3. The first kappa shape index (κ1) is 33.2. The van der Waals surface area contributed by atoms with Crippen molar-refractivity contribution in [1.82, 2.24) is 19.4 Å². The normalized spacial score (nSPS) is 19.6. The molecule has 2 aliphatic heterocycles. The maximum atomic E-state index is 13.5. The molecule has 0 aliphatic carbocycles. The van der Waals surface area contributed by atoms with Crippen LogP contribution >= 0.6 is 0 Å². The monoisotopic (exact) mass is 669 g/mol.